The van der Waals surface area contributed by atoms with Crippen molar-refractivity contribution < 1.29 is 60.5 Å². The molecule has 7 rings (SSSR count). The quantitative estimate of drug-likeness (QED) is 0.0977. The van der Waals surface area contributed by atoms with E-state index in [0.717, 1.165) is 0 Å². The number of amides is 2. The molecule has 2 amide bonds. The molecule has 3 aliphatic rings. The molecule has 4 aromatic heterocycles. The second-order valence-electron chi connectivity index (χ2n) is 16.7. The lowest BCUT2D eigenvalue weighted by molar-refractivity contribution is -0.119. The molecule has 3 aliphatic heterocycles. The Morgan fingerprint density at radius 2 is 1.39 bits per heavy atom. The number of phosphoric acid groups is 2. The zero-order chi connectivity index (χ0) is 45.3. The van der Waals surface area contributed by atoms with Gasteiger partial charge >= 0.3 is 15.6 Å². The number of nitrogens with one attached hydrogen (secondary N) is 4. The van der Waals surface area contributed by atoms with E-state index >= 15 is 0 Å². The highest BCUT2D eigenvalue weighted by Crippen LogP contribution is 2.54. The Morgan fingerprint density at radius 3 is 1.90 bits per heavy atom. The molecule has 7 heterocycles. The van der Waals surface area contributed by atoms with Crippen LogP contribution >= 0.6 is 15.6 Å². The molecule has 0 aromatic carbocycles. The van der Waals surface area contributed by atoms with Crippen LogP contribution in [0, 0.1) is 5.92 Å². The Bertz CT molecular complexity index is 2590. The minimum atomic E-state index is -5.16. The second-order valence-corrected chi connectivity index (χ2v) is 24.3. The first kappa shape index (κ1) is 45.9. The lowest BCUT2D eigenvalue weighted by atomic mass is 10.1. The van der Waals surface area contributed by atoms with Gasteiger partial charge in [0.2, 0.25) is 23.7 Å². The Kier molecular flexibility index (Phi) is 12.4. The molecule has 26 nitrogen and oxygen atoms in total. The van der Waals surface area contributed by atoms with Crippen LogP contribution in [0.1, 0.15) is 60.4 Å². The van der Waals surface area contributed by atoms with Crippen molar-refractivity contribution in [1.82, 2.24) is 39.0 Å². The fourth-order valence-corrected chi connectivity index (χ4v) is 9.87. The molecule has 62 heavy (non-hydrogen) atoms. The molecule has 0 aliphatic carbocycles. The van der Waals surface area contributed by atoms with Crippen molar-refractivity contribution in [2.24, 2.45) is 11.7 Å². The van der Waals surface area contributed by atoms with Crippen molar-refractivity contribution in [2.75, 3.05) is 23.8 Å². The first-order valence-corrected chi connectivity index (χ1v) is 25.4. The van der Waals surface area contributed by atoms with Gasteiger partial charge < -0.3 is 29.4 Å². The number of aromatic amines is 2. The topological polar surface area (TPSA) is 351 Å². The van der Waals surface area contributed by atoms with Crippen LogP contribution in [-0.2, 0) is 50.7 Å². The highest BCUT2D eigenvalue weighted by molar-refractivity contribution is 7.47. The van der Waals surface area contributed by atoms with E-state index in [9.17, 15) is 38.1 Å². The number of H-pyrrole nitrogens is 2. The number of phosphoric ester groups is 2. The van der Waals surface area contributed by atoms with Gasteiger partial charge in [0.05, 0.1) is 31.9 Å². The summed E-state index contributed by atoms with van der Waals surface area (Å²) in [5, 5.41) is 4.54. The van der Waals surface area contributed by atoms with Crippen LogP contribution < -0.4 is 27.5 Å². The molecule has 0 spiro atoms. The van der Waals surface area contributed by atoms with Crippen molar-refractivity contribution >= 4 is 70.0 Å². The van der Waals surface area contributed by atoms with E-state index in [1.165, 1.54) is 21.8 Å². The minimum absolute atomic E-state index is 0.0673. The number of nitrogens with zero attached hydrogens (tertiary/aromatic N) is 6. The zero-order valence-corrected chi connectivity index (χ0v) is 37.6. The summed E-state index contributed by atoms with van der Waals surface area (Å²) in [7, 11) is -13.2. The largest absolute Gasteiger partial charge is 0.472 e. The van der Waals surface area contributed by atoms with Gasteiger partial charge in [0.25, 0.3) is 11.1 Å². The van der Waals surface area contributed by atoms with Gasteiger partial charge in [-0.15, -0.1) is 0 Å². The van der Waals surface area contributed by atoms with Crippen LogP contribution in [0.25, 0.3) is 22.3 Å². The summed E-state index contributed by atoms with van der Waals surface area (Å²) in [6.45, 7) is 12.9. The summed E-state index contributed by atoms with van der Waals surface area (Å²) in [5.41, 5.74) is 4.69. The number of hydrogen-bond donors (Lipinski definition) is 7. The molecule has 3 saturated heterocycles. The molecule has 340 valence electrons. The first-order chi connectivity index (χ1) is 28.9. The number of carbonyl (C=O) groups excluding carboxylic acids is 2. The number of ether oxygens (including phenoxy) is 2. The molecule has 3 fully saturated rings. The predicted octanol–water partition coefficient (Wildman–Crippen LogP) is 1.73. The maximum absolute atomic E-state index is 14.0. The Morgan fingerprint density at radius 1 is 0.903 bits per heavy atom. The van der Waals surface area contributed by atoms with Crippen molar-refractivity contribution in [3.8, 4) is 0 Å². The first-order valence-electron chi connectivity index (χ1n) is 19.5. The predicted molar refractivity (Wildman–Crippen MR) is 218 cm³/mol. The zero-order valence-electron chi connectivity index (χ0n) is 34.8. The van der Waals surface area contributed by atoms with Gasteiger partial charge in [-0.05, 0) is 18.1 Å². The third-order valence-electron chi connectivity index (χ3n) is 11.0. The maximum Gasteiger partial charge on any atom is 0.472 e. The van der Waals surface area contributed by atoms with Gasteiger partial charge in [-0.25, -0.2) is 19.1 Å². The number of rotatable bonds is 8. The number of nitrogens with two attached hydrogens (primary N) is 1. The average molecular weight is 930 g/mol. The minimum Gasteiger partial charge on any atom is -0.407 e. The van der Waals surface area contributed by atoms with E-state index in [0.29, 0.717) is 0 Å². The molecule has 2 unspecified atom stereocenters. The normalized spacial score (nSPS) is 31.1. The molecule has 0 radical (unpaired) electrons. The smallest absolute Gasteiger partial charge is 0.407 e. The number of imidazole rings is 2. The lowest BCUT2D eigenvalue weighted by Crippen LogP contribution is -2.49. The van der Waals surface area contributed by atoms with Crippen molar-refractivity contribution in [1.29, 1.82) is 0 Å². The van der Waals surface area contributed by atoms with Gasteiger partial charge in [0, 0.05) is 12.3 Å². The third-order valence-corrected chi connectivity index (χ3v) is 17.4. The SMILES string of the molecule is CCC(=O)Nc1nc2c(ncn2[C@@H]2O[C@@H]3COP(=O)(O)O[C@H]4[C@@H](N)[C@H](n5cnc6c(=O)[nH]c(NC(=O)C(C)C)nc65)O[C@@H]4COP(=O)(O)O[C@H]3[C@H]2O[Si](C)(C)C(C)(C)C)c(=O)[nH]1. The molecular weight excluding hydrogens is 880 g/mol. The van der Waals surface area contributed by atoms with E-state index in [1.807, 2.05) is 33.9 Å². The van der Waals surface area contributed by atoms with Crippen molar-refractivity contribution in [3.05, 3.63) is 33.4 Å². The van der Waals surface area contributed by atoms with Crippen LogP contribution in [0.3, 0.4) is 0 Å². The Balaban J connectivity index is 1.22. The van der Waals surface area contributed by atoms with Crippen LogP contribution in [0.4, 0.5) is 11.9 Å². The van der Waals surface area contributed by atoms with Gasteiger partial charge in [-0.1, -0.05) is 41.5 Å². The number of anilines is 2. The average Bonchev–Trinajstić information content (AvgIpc) is 3.93. The van der Waals surface area contributed by atoms with Crippen LogP contribution in [0.15, 0.2) is 22.2 Å². The fraction of sp³-hybridized carbons (Fsp3) is 0.636. The van der Waals surface area contributed by atoms with Crippen LogP contribution in [0.2, 0.25) is 18.1 Å². The number of fused-ring (bicyclic) bond motifs is 4. The molecular formula is C33H49N11O15P2Si. The maximum atomic E-state index is 14.0. The van der Waals surface area contributed by atoms with Crippen molar-refractivity contribution in [2.45, 2.75) is 115 Å². The van der Waals surface area contributed by atoms with Gasteiger partial charge in [-0.3, -0.25) is 67.0 Å². The van der Waals surface area contributed by atoms with E-state index in [2.05, 4.69) is 40.5 Å². The van der Waals surface area contributed by atoms with Gasteiger partial charge in [0.15, 0.2) is 43.1 Å². The molecule has 29 heteroatoms. The number of carbonyl (C=O) groups is 2. The second kappa shape index (κ2) is 16.8. The number of aromatic nitrogens is 8. The molecule has 0 bridgehead atoms. The summed E-state index contributed by atoms with van der Waals surface area (Å²) >= 11 is 0. The van der Waals surface area contributed by atoms with Crippen LogP contribution in [0.5, 0.6) is 0 Å². The highest BCUT2D eigenvalue weighted by Gasteiger charge is 2.56. The van der Waals surface area contributed by atoms with Crippen LogP contribution in [-0.4, -0.2) is 119 Å². The summed E-state index contributed by atoms with van der Waals surface area (Å²) < 4.78 is 71.9. The van der Waals surface area contributed by atoms with E-state index in [-0.39, 0.29) is 40.6 Å². The van der Waals surface area contributed by atoms with E-state index in [1.54, 1.807) is 20.8 Å². The molecule has 0 saturated carbocycles. The summed E-state index contributed by atoms with van der Waals surface area (Å²) in [4.78, 5) is 94.9. The fourth-order valence-electron chi connectivity index (χ4n) is 6.64. The Hall–Kier alpha value is -4.08. The van der Waals surface area contributed by atoms with Crippen molar-refractivity contribution in [3.63, 3.8) is 0 Å². The molecule has 8 N–H and O–H groups in total. The summed E-state index contributed by atoms with van der Waals surface area (Å²) in [6, 6.07) is -1.36. The van der Waals surface area contributed by atoms with Gasteiger partial charge in [-0.2, -0.15) is 9.97 Å². The number of hydrogen-bond acceptors (Lipinski definition) is 18. The van der Waals surface area contributed by atoms with E-state index < -0.39 is 120 Å². The third kappa shape index (κ3) is 9.13. The Labute approximate surface area is 352 Å². The highest BCUT2D eigenvalue weighted by atomic mass is 31.2. The monoisotopic (exact) mass is 929 g/mol. The standard InChI is InChI=1S/C33H49N11O15P2Si/c1-9-17(45)37-31-38-25-20(27(47)41-31)36-13-44(25)30-23(59-62(7,8)33(4,5)6)22-16(56-30)11-54-60(49,50)57-21-15(10-53-61(51,52)58-22)55-29(18(21)34)43-12-35-19-24(43)39-32(42-28(19)48)40-26(46)14(2)3/h12-16,18,21-23,29-30H,9-11,34H2,1-8H3,(H,49,50)(H,51,52)(H2,37,38,41,45,47)(H2,39,40,42,46,48)/t15-,16-,18-,21-,22-,23-,29-,30-/m1/s1. The summed E-state index contributed by atoms with van der Waals surface area (Å²) in [6.07, 6.45) is -7.53. The summed E-state index contributed by atoms with van der Waals surface area (Å²) in [5.74, 6) is -1.72. The lowest BCUT2D eigenvalue weighted by Gasteiger charge is -2.40. The van der Waals surface area contributed by atoms with Gasteiger partial charge in [0.1, 0.15) is 30.5 Å². The molecule has 4 aromatic rings. The molecule has 10 atom stereocenters. The van der Waals surface area contributed by atoms with E-state index in [4.69, 9.17) is 37.7 Å².